The van der Waals surface area contributed by atoms with Crippen molar-refractivity contribution in [2.45, 2.75) is 18.9 Å². The molecule has 1 atom stereocenters. The standard InChI is InChI=1S/C12H15FN2O/c13-10-5-3-9(4-6-10)11-2-1-7-15(11)12(16)8-14/h3-6,11H,1-2,7-8,14H2. The molecule has 1 aliphatic rings. The van der Waals surface area contributed by atoms with Crippen LogP contribution in [0.25, 0.3) is 0 Å². The van der Waals surface area contributed by atoms with Crippen LogP contribution in [0, 0.1) is 5.82 Å². The summed E-state index contributed by atoms with van der Waals surface area (Å²) in [5, 5.41) is 0. The molecule has 0 aromatic heterocycles. The molecule has 1 heterocycles. The van der Waals surface area contributed by atoms with Crippen molar-refractivity contribution >= 4 is 5.91 Å². The first kappa shape index (κ1) is 11.1. The number of halogens is 1. The number of likely N-dealkylation sites (tertiary alicyclic amines) is 1. The molecular weight excluding hydrogens is 207 g/mol. The minimum absolute atomic E-state index is 0.0353. The fraction of sp³-hybridized carbons (Fsp3) is 0.417. The molecule has 1 saturated heterocycles. The van der Waals surface area contributed by atoms with Crippen LogP contribution in [0.3, 0.4) is 0 Å². The van der Waals surface area contributed by atoms with E-state index in [0.29, 0.717) is 0 Å². The molecule has 1 aromatic carbocycles. The average molecular weight is 222 g/mol. The zero-order valence-corrected chi connectivity index (χ0v) is 9.03. The van der Waals surface area contributed by atoms with Crippen molar-refractivity contribution in [3.63, 3.8) is 0 Å². The second-order valence-electron chi connectivity index (χ2n) is 4.00. The van der Waals surface area contributed by atoms with Crippen LogP contribution in [0.2, 0.25) is 0 Å². The molecule has 0 spiro atoms. The lowest BCUT2D eigenvalue weighted by atomic mass is 10.0. The molecule has 4 heteroatoms. The third kappa shape index (κ3) is 2.07. The fourth-order valence-corrected chi connectivity index (χ4v) is 2.21. The zero-order valence-electron chi connectivity index (χ0n) is 9.03. The Morgan fingerprint density at radius 1 is 1.44 bits per heavy atom. The highest BCUT2D eigenvalue weighted by atomic mass is 19.1. The summed E-state index contributed by atoms with van der Waals surface area (Å²) < 4.78 is 12.8. The molecule has 1 amide bonds. The van der Waals surface area contributed by atoms with Crippen molar-refractivity contribution in [3.8, 4) is 0 Å². The van der Waals surface area contributed by atoms with Crippen LogP contribution in [0.5, 0.6) is 0 Å². The number of benzene rings is 1. The Morgan fingerprint density at radius 2 is 2.12 bits per heavy atom. The molecule has 16 heavy (non-hydrogen) atoms. The van der Waals surface area contributed by atoms with Crippen molar-refractivity contribution in [2.75, 3.05) is 13.1 Å². The summed E-state index contributed by atoms with van der Waals surface area (Å²) in [6.07, 6.45) is 1.91. The smallest absolute Gasteiger partial charge is 0.236 e. The van der Waals surface area contributed by atoms with E-state index in [4.69, 9.17) is 5.73 Å². The number of carbonyl (C=O) groups excluding carboxylic acids is 1. The van der Waals surface area contributed by atoms with Gasteiger partial charge in [-0.1, -0.05) is 12.1 Å². The van der Waals surface area contributed by atoms with E-state index >= 15 is 0 Å². The molecule has 1 aliphatic heterocycles. The van der Waals surface area contributed by atoms with Gasteiger partial charge in [-0.2, -0.15) is 0 Å². The highest BCUT2D eigenvalue weighted by Gasteiger charge is 2.28. The van der Waals surface area contributed by atoms with E-state index in [0.717, 1.165) is 24.9 Å². The summed E-state index contributed by atoms with van der Waals surface area (Å²) in [6.45, 7) is 0.787. The van der Waals surface area contributed by atoms with Crippen LogP contribution in [0.1, 0.15) is 24.4 Å². The first-order chi connectivity index (χ1) is 7.72. The SMILES string of the molecule is NCC(=O)N1CCCC1c1ccc(F)cc1. The first-order valence-corrected chi connectivity index (χ1v) is 5.47. The zero-order chi connectivity index (χ0) is 11.5. The van der Waals surface area contributed by atoms with Crippen molar-refractivity contribution < 1.29 is 9.18 Å². The molecule has 3 nitrogen and oxygen atoms in total. The molecule has 1 fully saturated rings. The third-order valence-corrected chi connectivity index (χ3v) is 3.00. The maximum atomic E-state index is 12.8. The van der Waals surface area contributed by atoms with Gasteiger partial charge in [-0.3, -0.25) is 4.79 Å². The van der Waals surface area contributed by atoms with Crippen LogP contribution >= 0.6 is 0 Å². The average Bonchev–Trinajstić information content (AvgIpc) is 2.78. The molecule has 2 rings (SSSR count). The fourth-order valence-electron chi connectivity index (χ4n) is 2.21. The Balaban J connectivity index is 2.19. The summed E-state index contributed by atoms with van der Waals surface area (Å²) in [4.78, 5) is 13.4. The number of nitrogens with two attached hydrogens (primary N) is 1. The van der Waals surface area contributed by atoms with E-state index in [-0.39, 0.29) is 24.3 Å². The number of amides is 1. The van der Waals surface area contributed by atoms with Gasteiger partial charge in [0, 0.05) is 6.54 Å². The Kier molecular flexibility index (Phi) is 3.19. The van der Waals surface area contributed by atoms with Gasteiger partial charge in [-0.05, 0) is 30.5 Å². The summed E-state index contributed by atoms with van der Waals surface area (Å²) in [6, 6.07) is 6.40. The van der Waals surface area contributed by atoms with Gasteiger partial charge < -0.3 is 10.6 Å². The van der Waals surface area contributed by atoms with Gasteiger partial charge >= 0.3 is 0 Å². The lowest BCUT2D eigenvalue weighted by Gasteiger charge is -2.24. The molecule has 86 valence electrons. The minimum Gasteiger partial charge on any atom is -0.335 e. The first-order valence-electron chi connectivity index (χ1n) is 5.47. The second kappa shape index (κ2) is 4.61. The van der Waals surface area contributed by atoms with Crippen LogP contribution < -0.4 is 5.73 Å². The van der Waals surface area contributed by atoms with Gasteiger partial charge in [0.1, 0.15) is 5.82 Å². The van der Waals surface area contributed by atoms with Crippen molar-refractivity contribution in [1.29, 1.82) is 0 Å². The summed E-state index contributed by atoms with van der Waals surface area (Å²) in [5.74, 6) is -0.287. The van der Waals surface area contributed by atoms with Crippen LogP contribution in [0.4, 0.5) is 4.39 Å². The van der Waals surface area contributed by atoms with E-state index in [1.54, 1.807) is 17.0 Å². The highest BCUT2D eigenvalue weighted by molar-refractivity contribution is 5.78. The van der Waals surface area contributed by atoms with Crippen LogP contribution in [0.15, 0.2) is 24.3 Å². The Morgan fingerprint density at radius 3 is 2.75 bits per heavy atom. The highest BCUT2D eigenvalue weighted by Crippen LogP contribution is 2.31. The van der Waals surface area contributed by atoms with Gasteiger partial charge in [-0.15, -0.1) is 0 Å². The van der Waals surface area contributed by atoms with E-state index in [1.165, 1.54) is 12.1 Å². The van der Waals surface area contributed by atoms with Gasteiger partial charge in [0.25, 0.3) is 0 Å². The Labute approximate surface area is 94.0 Å². The lowest BCUT2D eigenvalue weighted by molar-refractivity contribution is -0.130. The summed E-state index contributed by atoms with van der Waals surface area (Å²) >= 11 is 0. The van der Waals surface area contributed by atoms with Crippen LogP contribution in [-0.2, 0) is 4.79 Å². The van der Waals surface area contributed by atoms with E-state index in [2.05, 4.69) is 0 Å². The second-order valence-corrected chi connectivity index (χ2v) is 4.00. The van der Waals surface area contributed by atoms with Gasteiger partial charge in [0.05, 0.1) is 12.6 Å². The normalized spacial score (nSPS) is 20.1. The number of nitrogens with zero attached hydrogens (tertiary/aromatic N) is 1. The van der Waals surface area contributed by atoms with Gasteiger partial charge in [0.2, 0.25) is 5.91 Å². The Hall–Kier alpha value is -1.42. The van der Waals surface area contributed by atoms with E-state index in [1.807, 2.05) is 0 Å². The van der Waals surface area contributed by atoms with Gasteiger partial charge in [-0.25, -0.2) is 4.39 Å². The summed E-state index contributed by atoms with van der Waals surface area (Å²) in [7, 11) is 0. The largest absolute Gasteiger partial charge is 0.335 e. The molecule has 1 unspecified atom stereocenters. The molecule has 1 aromatic rings. The predicted molar refractivity (Wildman–Crippen MR) is 59.1 cm³/mol. The maximum Gasteiger partial charge on any atom is 0.236 e. The molecule has 2 N–H and O–H groups in total. The van der Waals surface area contributed by atoms with Crippen LogP contribution in [-0.4, -0.2) is 23.9 Å². The van der Waals surface area contributed by atoms with Crippen molar-refractivity contribution in [3.05, 3.63) is 35.6 Å². The third-order valence-electron chi connectivity index (χ3n) is 3.00. The lowest BCUT2D eigenvalue weighted by Crippen LogP contribution is -2.35. The molecule has 0 bridgehead atoms. The van der Waals surface area contributed by atoms with Crippen molar-refractivity contribution in [2.24, 2.45) is 5.73 Å². The van der Waals surface area contributed by atoms with E-state index < -0.39 is 0 Å². The van der Waals surface area contributed by atoms with Crippen molar-refractivity contribution in [1.82, 2.24) is 4.90 Å². The summed E-state index contributed by atoms with van der Waals surface area (Å²) in [5.41, 5.74) is 6.35. The monoisotopic (exact) mass is 222 g/mol. The molecule has 0 aliphatic carbocycles. The maximum absolute atomic E-state index is 12.8. The van der Waals surface area contributed by atoms with Gasteiger partial charge in [0.15, 0.2) is 0 Å². The topological polar surface area (TPSA) is 46.3 Å². The molecular formula is C12H15FN2O. The Bertz CT molecular complexity index is 377. The number of hydrogen-bond donors (Lipinski definition) is 1. The molecule has 0 radical (unpaired) electrons. The molecule has 0 saturated carbocycles. The number of rotatable bonds is 2. The quantitative estimate of drug-likeness (QED) is 0.823. The van der Waals surface area contributed by atoms with E-state index in [9.17, 15) is 9.18 Å². The number of hydrogen-bond acceptors (Lipinski definition) is 2. The predicted octanol–water partition coefficient (Wildman–Crippen LogP) is 1.45. The minimum atomic E-state index is -0.251. The number of carbonyl (C=O) groups is 1.